The van der Waals surface area contributed by atoms with Crippen LogP contribution in [0.1, 0.15) is 51.4 Å². The first-order valence-electron chi connectivity index (χ1n) is 10.8. The van der Waals surface area contributed by atoms with E-state index >= 15 is 0 Å². The molecular weight excluding hydrogens is 412 g/mol. The van der Waals surface area contributed by atoms with Gasteiger partial charge in [-0.05, 0) is 34.7 Å². The summed E-state index contributed by atoms with van der Waals surface area (Å²) in [5.41, 5.74) is 10.2. The highest BCUT2D eigenvalue weighted by atomic mass is 16.1. The Balaban J connectivity index is 1.87. The van der Waals surface area contributed by atoms with Crippen molar-refractivity contribution < 1.29 is 9.59 Å². The van der Waals surface area contributed by atoms with Crippen LogP contribution >= 0.6 is 0 Å². The van der Waals surface area contributed by atoms with Crippen molar-refractivity contribution in [2.24, 2.45) is 11.7 Å². The molecule has 0 saturated carbocycles. The second-order valence-electron chi connectivity index (χ2n) is 8.26. The van der Waals surface area contributed by atoms with Crippen molar-refractivity contribution in [1.82, 2.24) is 10.3 Å². The third-order valence-corrected chi connectivity index (χ3v) is 5.19. The molecule has 1 heterocycles. The number of ketones is 1. The topological polar surface area (TPSA) is 109 Å². The maximum absolute atomic E-state index is 13.2. The van der Waals surface area contributed by atoms with Crippen molar-refractivity contribution in [3.05, 3.63) is 95.3 Å². The summed E-state index contributed by atoms with van der Waals surface area (Å²) in [4.78, 5) is 29.8. The fraction of sp³-hybridized carbons (Fsp3) is 0.185. The monoisotopic (exact) mass is 440 g/mol. The number of nitrogens with one attached hydrogen (secondary N) is 2. The summed E-state index contributed by atoms with van der Waals surface area (Å²) in [7, 11) is 0. The number of Topliss-reactive ketones (excluding diaryl/α,β-unsaturated/α-hetero) is 1. The van der Waals surface area contributed by atoms with Crippen molar-refractivity contribution in [3.63, 3.8) is 0 Å². The second-order valence-corrected chi connectivity index (χ2v) is 8.26. The molecule has 0 fully saturated rings. The number of benzene rings is 2. The Morgan fingerprint density at radius 3 is 2.42 bits per heavy atom. The zero-order valence-electron chi connectivity index (χ0n) is 18.9. The van der Waals surface area contributed by atoms with Crippen LogP contribution < -0.4 is 11.1 Å². The Hall–Kier alpha value is -4.06. The Bertz CT molecular complexity index is 1180. The van der Waals surface area contributed by atoms with Crippen LogP contribution in [0.2, 0.25) is 0 Å². The van der Waals surface area contributed by atoms with Gasteiger partial charge in [-0.15, -0.1) is 0 Å². The molecule has 1 amide bonds. The Morgan fingerprint density at radius 1 is 1.12 bits per heavy atom. The van der Waals surface area contributed by atoms with Crippen molar-refractivity contribution in [1.29, 1.82) is 5.41 Å². The van der Waals surface area contributed by atoms with Gasteiger partial charge in [-0.25, -0.2) is 0 Å². The highest BCUT2D eigenvalue weighted by Gasteiger charge is 2.16. The van der Waals surface area contributed by atoms with Crippen LogP contribution in [0.5, 0.6) is 0 Å². The molecule has 0 bridgehead atoms. The lowest BCUT2D eigenvalue weighted by atomic mass is 9.93. The molecule has 0 atom stereocenters. The lowest BCUT2D eigenvalue weighted by Crippen LogP contribution is -2.27. The molecule has 0 unspecified atom stereocenters. The van der Waals surface area contributed by atoms with Gasteiger partial charge in [-0.1, -0.05) is 69.0 Å². The second kappa shape index (κ2) is 10.5. The summed E-state index contributed by atoms with van der Waals surface area (Å²) in [6, 6.07) is 16.1. The zero-order chi connectivity index (χ0) is 24.0. The number of hydrogen-bond acceptors (Lipinski definition) is 4. The molecule has 1 aromatic heterocycles. The molecule has 0 saturated heterocycles. The van der Waals surface area contributed by atoms with Gasteiger partial charge in [0.15, 0.2) is 5.78 Å². The van der Waals surface area contributed by atoms with Crippen LogP contribution in [0.25, 0.3) is 17.2 Å². The number of hydrogen-bond donors (Lipinski definition) is 3. The number of amidine groups is 1. The number of pyridine rings is 1. The molecule has 3 aromatic rings. The molecule has 168 valence electrons. The van der Waals surface area contributed by atoms with Crippen LogP contribution in [0.3, 0.4) is 0 Å². The molecule has 6 nitrogen and oxygen atoms in total. The molecular formula is C27H28N4O2. The average molecular weight is 441 g/mol. The molecule has 0 aliphatic rings. The van der Waals surface area contributed by atoms with E-state index in [1.54, 1.807) is 48.7 Å². The third kappa shape index (κ3) is 6.01. The fourth-order valence-electron chi connectivity index (χ4n) is 3.33. The first kappa shape index (κ1) is 23.6. The zero-order valence-corrected chi connectivity index (χ0v) is 18.9. The average Bonchev–Trinajstić information content (AvgIpc) is 2.82. The van der Waals surface area contributed by atoms with E-state index in [4.69, 9.17) is 11.1 Å². The van der Waals surface area contributed by atoms with Gasteiger partial charge in [0.1, 0.15) is 11.5 Å². The summed E-state index contributed by atoms with van der Waals surface area (Å²) < 4.78 is 0. The highest BCUT2D eigenvalue weighted by molar-refractivity contribution is 6.04. The summed E-state index contributed by atoms with van der Waals surface area (Å²) in [5, 5.41) is 10.4. The lowest BCUT2D eigenvalue weighted by molar-refractivity contribution is 0.0942. The number of nitrogen functional groups attached to an aromatic ring is 1. The van der Waals surface area contributed by atoms with E-state index in [0.29, 0.717) is 29.3 Å². The van der Waals surface area contributed by atoms with Gasteiger partial charge in [0, 0.05) is 35.9 Å². The fourth-order valence-corrected chi connectivity index (χ4v) is 3.33. The number of nitrogens with two attached hydrogens (primary N) is 1. The number of amides is 1. The minimum atomic E-state index is -0.220. The molecule has 6 heteroatoms. The normalized spacial score (nSPS) is 10.6. The van der Waals surface area contributed by atoms with Gasteiger partial charge in [0.25, 0.3) is 5.91 Å². The van der Waals surface area contributed by atoms with E-state index in [1.807, 2.05) is 32.0 Å². The Labute approximate surface area is 194 Å². The summed E-state index contributed by atoms with van der Waals surface area (Å²) in [6.07, 6.45) is 3.52. The quantitative estimate of drug-likeness (QED) is 0.259. The number of rotatable bonds is 9. The van der Waals surface area contributed by atoms with Crippen molar-refractivity contribution >= 4 is 23.6 Å². The van der Waals surface area contributed by atoms with Gasteiger partial charge >= 0.3 is 0 Å². The number of aromatic nitrogens is 1. The Morgan fingerprint density at radius 2 is 1.85 bits per heavy atom. The molecule has 33 heavy (non-hydrogen) atoms. The first-order valence-corrected chi connectivity index (χ1v) is 10.8. The highest BCUT2D eigenvalue weighted by Crippen LogP contribution is 2.26. The largest absolute Gasteiger partial charge is 0.384 e. The van der Waals surface area contributed by atoms with Gasteiger partial charge in [-0.3, -0.25) is 20.0 Å². The van der Waals surface area contributed by atoms with E-state index in [-0.39, 0.29) is 23.9 Å². The Kier molecular flexibility index (Phi) is 7.51. The standard InChI is InChI=1S/C27H28N4O2/c1-4-18-7-11-22(21-10-12-24(30-16-21)27(33)31-15-17(2)3)23(13-18)25(32)14-19-5-8-20(9-6-19)26(28)29/h4-13,16-17H,1,14-15H2,2-3H3,(H3,28,29)(H,31,33). The van der Waals surface area contributed by atoms with Crippen LogP contribution in [-0.4, -0.2) is 29.1 Å². The van der Waals surface area contributed by atoms with E-state index in [1.165, 1.54) is 0 Å². The van der Waals surface area contributed by atoms with Crippen LogP contribution in [0.15, 0.2) is 67.4 Å². The number of carbonyl (C=O) groups excluding carboxylic acids is 2. The molecule has 2 aromatic carbocycles. The lowest BCUT2D eigenvalue weighted by Gasteiger charge is -2.12. The maximum atomic E-state index is 13.2. The van der Waals surface area contributed by atoms with Crippen molar-refractivity contribution in [3.8, 4) is 11.1 Å². The molecule has 0 aliphatic carbocycles. The predicted octanol–water partition coefficient (Wildman–Crippen LogP) is 4.49. The third-order valence-electron chi connectivity index (χ3n) is 5.19. The van der Waals surface area contributed by atoms with Gasteiger partial charge in [-0.2, -0.15) is 0 Å². The summed E-state index contributed by atoms with van der Waals surface area (Å²) >= 11 is 0. The molecule has 3 rings (SSSR count). The minimum Gasteiger partial charge on any atom is -0.384 e. The van der Waals surface area contributed by atoms with Gasteiger partial charge < -0.3 is 11.1 Å². The summed E-state index contributed by atoms with van der Waals surface area (Å²) in [6.45, 7) is 8.44. The number of carbonyl (C=O) groups is 2. The molecule has 0 spiro atoms. The van der Waals surface area contributed by atoms with Crippen LogP contribution in [-0.2, 0) is 6.42 Å². The number of nitrogens with zero attached hydrogens (tertiary/aromatic N) is 1. The molecule has 0 aliphatic heterocycles. The smallest absolute Gasteiger partial charge is 0.269 e. The minimum absolute atomic E-state index is 0.0114. The van der Waals surface area contributed by atoms with Crippen LogP contribution in [0.4, 0.5) is 0 Å². The van der Waals surface area contributed by atoms with E-state index in [0.717, 1.165) is 22.3 Å². The SMILES string of the molecule is C=Cc1ccc(-c2ccc(C(=O)NCC(C)C)nc2)c(C(=O)Cc2ccc(C(=N)N)cc2)c1. The first-order chi connectivity index (χ1) is 15.8. The summed E-state index contributed by atoms with van der Waals surface area (Å²) in [5.74, 6) is 0.0668. The van der Waals surface area contributed by atoms with Crippen molar-refractivity contribution in [2.45, 2.75) is 20.3 Å². The van der Waals surface area contributed by atoms with Crippen LogP contribution in [0, 0.1) is 11.3 Å². The maximum Gasteiger partial charge on any atom is 0.269 e. The predicted molar refractivity (Wildman–Crippen MR) is 132 cm³/mol. The van der Waals surface area contributed by atoms with Crippen molar-refractivity contribution in [2.75, 3.05) is 6.54 Å². The van der Waals surface area contributed by atoms with Gasteiger partial charge in [0.05, 0.1) is 0 Å². The molecule has 4 N–H and O–H groups in total. The van der Waals surface area contributed by atoms with Gasteiger partial charge in [0.2, 0.25) is 0 Å². The van der Waals surface area contributed by atoms with E-state index < -0.39 is 0 Å². The van der Waals surface area contributed by atoms with E-state index in [9.17, 15) is 9.59 Å². The molecule has 0 radical (unpaired) electrons. The van der Waals surface area contributed by atoms with E-state index in [2.05, 4.69) is 16.9 Å².